The van der Waals surface area contributed by atoms with E-state index in [9.17, 15) is 14.7 Å². The van der Waals surface area contributed by atoms with Crippen LogP contribution in [-0.2, 0) is 14.3 Å². The lowest BCUT2D eigenvalue weighted by Crippen LogP contribution is -2.36. The summed E-state index contributed by atoms with van der Waals surface area (Å²) >= 11 is 0. The van der Waals surface area contributed by atoms with Crippen molar-refractivity contribution in [3.8, 4) is 0 Å². The fraction of sp³-hybridized carbons (Fsp3) is 0.667. The molecule has 0 bridgehead atoms. The summed E-state index contributed by atoms with van der Waals surface area (Å²) in [5.41, 5.74) is -0.367. The monoisotopic (exact) mass is 244 g/mol. The van der Waals surface area contributed by atoms with E-state index in [1.165, 1.54) is 0 Å². The summed E-state index contributed by atoms with van der Waals surface area (Å²) in [5, 5.41) is 18.3. The molecular weight excluding hydrogens is 224 g/mol. The summed E-state index contributed by atoms with van der Waals surface area (Å²) < 4.78 is 3.97. The van der Waals surface area contributed by atoms with Crippen molar-refractivity contribution in [3.05, 3.63) is 12.2 Å². The van der Waals surface area contributed by atoms with Gasteiger partial charge in [-0.1, -0.05) is 27.7 Å². The molecule has 5 heteroatoms. The molecule has 1 heterocycles. The molecule has 0 amide bonds. The van der Waals surface area contributed by atoms with Crippen LogP contribution in [0, 0.1) is 11.3 Å². The first kappa shape index (κ1) is 15.8. The molecule has 0 spiro atoms. The first-order valence-corrected chi connectivity index (χ1v) is 5.43. The molecule has 0 saturated carbocycles. The van der Waals surface area contributed by atoms with Gasteiger partial charge in [0.15, 0.2) is 0 Å². The number of carbonyl (C=O) groups excluding carboxylic acids is 2. The predicted molar refractivity (Wildman–Crippen MR) is 62.0 cm³/mol. The van der Waals surface area contributed by atoms with E-state index < -0.39 is 18.0 Å². The number of cyclic esters (lactones) is 2. The van der Waals surface area contributed by atoms with Crippen LogP contribution in [0.15, 0.2) is 12.2 Å². The molecule has 0 fully saturated rings. The van der Waals surface area contributed by atoms with Gasteiger partial charge in [-0.3, -0.25) is 0 Å². The maximum atomic E-state index is 9.92. The summed E-state index contributed by atoms with van der Waals surface area (Å²) in [5.74, 6) is -0.947. The highest BCUT2D eigenvalue weighted by atomic mass is 16.6. The molecule has 0 radical (unpaired) electrons. The van der Waals surface area contributed by atoms with Crippen molar-refractivity contribution in [2.45, 2.75) is 33.8 Å². The summed E-state index contributed by atoms with van der Waals surface area (Å²) in [7, 11) is 0. The molecule has 17 heavy (non-hydrogen) atoms. The zero-order valence-corrected chi connectivity index (χ0v) is 10.6. The van der Waals surface area contributed by atoms with Gasteiger partial charge in [0.2, 0.25) is 0 Å². The predicted octanol–water partition coefficient (Wildman–Crippen LogP) is 0.648. The molecule has 0 aliphatic carbocycles. The number of rotatable bonds is 3. The van der Waals surface area contributed by atoms with E-state index in [-0.39, 0.29) is 17.9 Å². The quantitative estimate of drug-likeness (QED) is 0.562. The first-order chi connectivity index (χ1) is 7.70. The van der Waals surface area contributed by atoms with Crippen molar-refractivity contribution >= 4 is 11.9 Å². The largest absolute Gasteiger partial charge is 0.396 e. The van der Waals surface area contributed by atoms with Gasteiger partial charge in [-0.25, -0.2) is 9.59 Å². The zero-order chi connectivity index (χ0) is 13.6. The molecular formula is C12H20O5. The van der Waals surface area contributed by atoms with Crippen LogP contribution in [0.4, 0.5) is 0 Å². The SMILES string of the molecule is CC(C)C(O)C(C)(C)CO.O=C1C=CC(=O)O1. The molecule has 5 nitrogen and oxygen atoms in total. The Morgan fingerprint density at radius 1 is 1.24 bits per heavy atom. The summed E-state index contributed by atoms with van der Waals surface area (Å²) in [6.45, 7) is 7.64. The number of aliphatic hydroxyl groups is 2. The lowest BCUT2D eigenvalue weighted by Gasteiger charge is -2.30. The average molecular weight is 244 g/mol. The van der Waals surface area contributed by atoms with Crippen molar-refractivity contribution in [2.24, 2.45) is 11.3 Å². The summed E-state index contributed by atoms with van der Waals surface area (Å²) in [6.07, 6.45) is 1.75. The lowest BCUT2D eigenvalue weighted by atomic mass is 9.82. The highest BCUT2D eigenvalue weighted by molar-refractivity contribution is 6.04. The third kappa shape index (κ3) is 5.60. The second kappa shape index (κ2) is 6.51. The van der Waals surface area contributed by atoms with Gasteiger partial charge in [0.25, 0.3) is 0 Å². The molecule has 1 unspecified atom stereocenters. The van der Waals surface area contributed by atoms with Crippen LogP contribution < -0.4 is 0 Å². The van der Waals surface area contributed by atoms with Crippen LogP contribution in [-0.4, -0.2) is 34.9 Å². The van der Waals surface area contributed by atoms with Crippen molar-refractivity contribution in [3.63, 3.8) is 0 Å². The molecule has 1 atom stereocenters. The first-order valence-electron chi connectivity index (χ1n) is 5.43. The Labute approximate surface area is 101 Å². The highest BCUT2D eigenvalue weighted by Crippen LogP contribution is 2.24. The van der Waals surface area contributed by atoms with E-state index >= 15 is 0 Å². The number of hydrogen-bond acceptors (Lipinski definition) is 5. The minimum absolute atomic E-state index is 0.0341. The van der Waals surface area contributed by atoms with Gasteiger partial charge in [-0.05, 0) is 5.92 Å². The van der Waals surface area contributed by atoms with Crippen molar-refractivity contribution in [1.82, 2.24) is 0 Å². The van der Waals surface area contributed by atoms with Gasteiger partial charge < -0.3 is 14.9 Å². The molecule has 0 aromatic carbocycles. The standard InChI is InChI=1S/C8H18O2.C4H2O3/c1-6(2)7(10)8(3,4)5-9;5-3-1-2-4(6)7-3/h6-7,9-10H,5H2,1-4H3;1-2H. The second-order valence-electron chi connectivity index (χ2n) is 4.91. The molecule has 0 aromatic heterocycles. The Balaban J connectivity index is 0.000000318. The number of hydrogen-bond donors (Lipinski definition) is 2. The molecule has 1 aliphatic rings. The maximum Gasteiger partial charge on any atom is 0.338 e. The number of carbonyl (C=O) groups is 2. The van der Waals surface area contributed by atoms with Crippen molar-refractivity contribution < 1.29 is 24.5 Å². The molecule has 0 saturated heterocycles. The van der Waals surface area contributed by atoms with Crippen LogP contribution >= 0.6 is 0 Å². The Morgan fingerprint density at radius 2 is 1.65 bits per heavy atom. The lowest BCUT2D eigenvalue weighted by molar-refractivity contribution is -0.150. The smallest absolute Gasteiger partial charge is 0.338 e. The topological polar surface area (TPSA) is 83.8 Å². The highest BCUT2D eigenvalue weighted by Gasteiger charge is 2.28. The number of aliphatic hydroxyl groups excluding tert-OH is 2. The van der Waals surface area contributed by atoms with Gasteiger partial charge in [0, 0.05) is 17.6 Å². The van der Waals surface area contributed by atoms with E-state index in [1.807, 2.05) is 27.7 Å². The van der Waals surface area contributed by atoms with Crippen LogP contribution in [0.25, 0.3) is 0 Å². The van der Waals surface area contributed by atoms with Gasteiger partial charge >= 0.3 is 11.9 Å². The maximum absolute atomic E-state index is 9.92. The Kier molecular flexibility index (Phi) is 6.05. The Hall–Kier alpha value is -1.20. The third-order valence-electron chi connectivity index (χ3n) is 2.40. The van der Waals surface area contributed by atoms with Gasteiger partial charge in [-0.15, -0.1) is 0 Å². The van der Waals surface area contributed by atoms with E-state index in [1.54, 1.807) is 0 Å². The Bertz CT molecular complexity index is 288. The van der Waals surface area contributed by atoms with Gasteiger partial charge in [0.05, 0.1) is 12.7 Å². The minimum Gasteiger partial charge on any atom is -0.396 e. The molecule has 98 valence electrons. The van der Waals surface area contributed by atoms with Crippen LogP contribution in [0.5, 0.6) is 0 Å². The molecule has 0 aromatic rings. The van der Waals surface area contributed by atoms with Crippen LogP contribution in [0.2, 0.25) is 0 Å². The third-order valence-corrected chi connectivity index (χ3v) is 2.40. The molecule has 2 N–H and O–H groups in total. The van der Waals surface area contributed by atoms with Gasteiger partial charge in [-0.2, -0.15) is 0 Å². The molecule has 1 aliphatic heterocycles. The number of ether oxygens (including phenoxy) is 1. The molecule has 1 rings (SSSR count). The second-order valence-corrected chi connectivity index (χ2v) is 4.91. The number of esters is 2. The van der Waals surface area contributed by atoms with Crippen molar-refractivity contribution in [1.29, 1.82) is 0 Å². The van der Waals surface area contributed by atoms with Gasteiger partial charge in [0.1, 0.15) is 0 Å². The van der Waals surface area contributed by atoms with E-state index in [2.05, 4.69) is 4.74 Å². The minimum atomic E-state index is -0.579. The van der Waals surface area contributed by atoms with Crippen LogP contribution in [0.3, 0.4) is 0 Å². The fourth-order valence-corrected chi connectivity index (χ4v) is 1.30. The van der Waals surface area contributed by atoms with Crippen molar-refractivity contribution in [2.75, 3.05) is 6.61 Å². The van der Waals surface area contributed by atoms with E-state index in [0.717, 1.165) is 12.2 Å². The normalized spacial score (nSPS) is 16.6. The fourth-order valence-electron chi connectivity index (χ4n) is 1.30. The zero-order valence-electron chi connectivity index (χ0n) is 10.6. The van der Waals surface area contributed by atoms with Crippen LogP contribution in [0.1, 0.15) is 27.7 Å². The summed E-state index contributed by atoms with van der Waals surface area (Å²) in [4.78, 5) is 19.8. The van der Waals surface area contributed by atoms with E-state index in [0.29, 0.717) is 0 Å². The van der Waals surface area contributed by atoms with E-state index in [4.69, 9.17) is 5.11 Å². The summed E-state index contributed by atoms with van der Waals surface area (Å²) in [6, 6.07) is 0. The Morgan fingerprint density at radius 3 is 1.76 bits per heavy atom. The average Bonchev–Trinajstić information content (AvgIpc) is 2.62.